The molecule has 1 unspecified atom stereocenters. The number of pyridine rings is 1. The lowest BCUT2D eigenvalue weighted by Gasteiger charge is -2.15. The second kappa shape index (κ2) is 6.49. The Hall–Kier alpha value is -1.92. The van der Waals surface area contributed by atoms with Crippen LogP contribution in [0.4, 0.5) is 5.82 Å². The Labute approximate surface area is 125 Å². The van der Waals surface area contributed by atoms with Gasteiger partial charge in [-0.3, -0.25) is 4.79 Å². The van der Waals surface area contributed by atoms with Gasteiger partial charge in [-0.05, 0) is 36.8 Å². The van der Waals surface area contributed by atoms with Crippen molar-refractivity contribution in [2.75, 3.05) is 5.43 Å². The first-order chi connectivity index (χ1) is 9.60. The number of benzene rings is 1. The predicted molar refractivity (Wildman–Crippen MR) is 82.1 cm³/mol. The molecule has 0 fully saturated rings. The van der Waals surface area contributed by atoms with Crippen LogP contribution in [-0.2, 0) is 0 Å². The maximum absolute atomic E-state index is 12.2. The second-order valence-electron chi connectivity index (χ2n) is 4.32. The van der Waals surface area contributed by atoms with Crippen molar-refractivity contribution in [3.63, 3.8) is 0 Å². The number of nitrogens with zero attached hydrogens (tertiary/aromatic N) is 1. The molecule has 0 saturated carbocycles. The van der Waals surface area contributed by atoms with Crippen LogP contribution >= 0.6 is 15.9 Å². The van der Waals surface area contributed by atoms with Crippen LogP contribution in [0.2, 0.25) is 0 Å². The Balaban J connectivity index is 2.10. The lowest BCUT2D eigenvalue weighted by molar-refractivity contribution is 0.0940. The number of halogens is 1. The van der Waals surface area contributed by atoms with Crippen molar-refractivity contribution >= 4 is 27.7 Å². The number of nitrogens with one attached hydrogen (secondary N) is 2. The van der Waals surface area contributed by atoms with Gasteiger partial charge >= 0.3 is 0 Å². The number of hydrazine groups is 1. The van der Waals surface area contributed by atoms with E-state index in [1.54, 1.807) is 12.1 Å². The van der Waals surface area contributed by atoms with Gasteiger partial charge in [-0.1, -0.05) is 28.1 Å². The molecule has 0 spiro atoms. The Morgan fingerprint density at radius 3 is 2.85 bits per heavy atom. The minimum Gasteiger partial charge on any atom is -0.346 e. The second-order valence-corrected chi connectivity index (χ2v) is 5.24. The summed E-state index contributed by atoms with van der Waals surface area (Å²) in [6.45, 7) is 1.93. The monoisotopic (exact) mass is 334 g/mol. The molecule has 0 aliphatic heterocycles. The fourth-order valence-corrected chi connectivity index (χ4v) is 2.21. The minimum absolute atomic E-state index is 0.0950. The van der Waals surface area contributed by atoms with Crippen LogP contribution in [-0.4, -0.2) is 10.9 Å². The summed E-state index contributed by atoms with van der Waals surface area (Å²) < 4.78 is 0.981. The quantitative estimate of drug-likeness (QED) is 0.593. The standard InChI is InChI=1S/C14H15BrN4O/c1-9(10-3-2-4-12(15)7-10)18-14(20)11-5-6-17-13(8-11)19-16/h2-9H,16H2,1H3,(H,17,19)(H,18,20). The molecule has 0 aliphatic carbocycles. The van der Waals surface area contributed by atoms with Crippen LogP contribution in [0.25, 0.3) is 0 Å². The van der Waals surface area contributed by atoms with Crippen molar-refractivity contribution < 1.29 is 4.79 Å². The lowest BCUT2D eigenvalue weighted by Crippen LogP contribution is -2.26. The first kappa shape index (κ1) is 14.5. The molecule has 20 heavy (non-hydrogen) atoms. The van der Waals surface area contributed by atoms with Crippen molar-refractivity contribution in [2.45, 2.75) is 13.0 Å². The predicted octanol–water partition coefficient (Wildman–Crippen LogP) is 2.62. The largest absolute Gasteiger partial charge is 0.346 e. The molecule has 0 aliphatic rings. The number of hydrogen-bond donors (Lipinski definition) is 3. The molecule has 1 aromatic carbocycles. The topological polar surface area (TPSA) is 80.0 Å². The molecule has 0 saturated heterocycles. The van der Waals surface area contributed by atoms with Crippen molar-refractivity contribution in [1.29, 1.82) is 0 Å². The van der Waals surface area contributed by atoms with E-state index in [2.05, 4.69) is 31.7 Å². The number of nitrogen functional groups attached to an aromatic ring is 1. The third kappa shape index (κ3) is 3.55. The van der Waals surface area contributed by atoms with Gasteiger partial charge in [-0.2, -0.15) is 0 Å². The van der Waals surface area contributed by atoms with Gasteiger partial charge in [-0.25, -0.2) is 10.8 Å². The van der Waals surface area contributed by atoms with E-state index in [1.807, 2.05) is 31.2 Å². The maximum Gasteiger partial charge on any atom is 0.251 e. The number of anilines is 1. The number of carbonyl (C=O) groups excluding carboxylic acids is 1. The minimum atomic E-state index is -0.170. The van der Waals surface area contributed by atoms with Gasteiger partial charge < -0.3 is 10.7 Å². The van der Waals surface area contributed by atoms with Crippen molar-refractivity contribution in [3.05, 3.63) is 58.2 Å². The summed E-state index contributed by atoms with van der Waals surface area (Å²) in [4.78, 5) is 16.1. The summed E-state index contributed by atoms with van der Waals surface area (Å²) in [6, 6.07) is 11.0. The third-order valence-electron chi connectivity index (χ3n) is 2.87. The molecular formula is C14H15BrN4O. The first-order valence-corrected chi connectivity index (χ1v) is 6.88. The third-order valence-corrected chi connectivity index (χ3v) is 3.36. The highest BCUT2D eigenvalue weighted by Gasteiger charge is 2.12. The summed E-state index contributed by atoms with van der Waals surface area (Å²) in [5.41, 5.74) is 3.95. The average Bonchev–Trinajstić information content (AvgIpc) is 2.47. The van der Waals surface area contributed by atoms with Crippen molar-refractivity contribution in [1.82, 2.24) is 10.3 Å². The molecule has 1 heterocycles. The zero-order valence-electron chi connectivity index (χ0n) is 10.9. The Morgan fingerprint density at radius 2 is 2.15 bits per heavy atom. The maximum atomic E-state index is 12.2. The molecule has 1 amide bonds. The SMILES string of the molecule is CC(NC(=O)c1ccnc(NN)c1)c1cccc(Br)c1. The summed E-state index contributed by atoms with van der Waals surface area (Å²) in [7, 11) is 0. The summed E-state index contributed by atoms with van der Waals surface area (Å²) in [6.07, 6.45) is 1.54. The van der Waals surface area contributed by atoms with E-state index in [0.717, 1.165) is 10.0 Å². The molecule has 0 bridgehead atoms. The average molecular weight is 335 g/mol. The highest BCUT2D eigenvalue weighted by Crippen LogP contribution is 2.18. The van der Waals surface area contributed by atoms with Gasteiger partial charge in [0.2, 0.25) is 0 Å². The molecule has 6 heteroatoms. The Bertz CT molecular complexity index is 618. The number of nitrogens with two attached hydrogens (primary N) is 1. The van der Waals surface area contributed by atoms with Crippen LogP contribution in [0, 0.1) is 0 Å². The Kier molecular flexibility index (Phi) is 4.70. The summed E-state index contributed by atoms with van der Waals surface area (Å²) in [5, 5.41) is 2.93. The van der Waals surface area contributed by atoms with Gasteiger partial charge in [0.1, 0.15) is 5.82 Å². The van der Waals surface area contributed by atoms with E-state index >= 15 is 0 Å². The van der Waals surface area contributed by atoms with E-state index in [9.17, 15) is 4.79 Å². The highest BCUT2D eigenvalue weighted by atomic mass is 79.9. The van der Waals surface area contributed by atoms with E-state index in [1.165, 1.54) is 6.20 Å². The van der Waals surface area contributed by atoms with E-state index in [0.29, 0.717) is 11.4 Å². The van der Waals surface area contributed by atoms with E-state index < -0.39 is 0 Å². The number of amides is 1. The zero-order chi connectivity index (χ0) is 14.5. The van der Waals surface area contributed by atoms with Crippen LogP contribution in [0.1, 0.15) is 28.9 Å². The molecule has 2 rings (SSSR count). The number of hydrogen-bond acceptors (Lipinski definition) is 4. The molecule has 104 valence electrons. The van der Waals surface area contributed by atoms with Gasteiger partial charge in [-0.15, -0.1) is 0 Å². The molecule has 1 aromatic heterocycles. The number of aromatic nitrogens is 1. The molecular weight excluding hydrogens is 320 g/mol. The molecule has 2 aromatic rings. The summed E-state index contributed by atoms with van der Waals surface area (Å²) in [5.74, 6) is 5.56. The van der Waals surface area contributed by atoms with Crippen LogP contribution in [0.5, 0.6) is 0 Å². The van der Waals surface area contributed by atoms with Gasteiger partial charge in [0.05, 0.1) is 6.04 Å². The summed E-state index contributed by atoms with van der Waals surface area (Å²) >= 11 is 3.42. The fourth-order valence-electron chi connectivity index (χ4n) is 1.79. The van der Waals surface area contributed by atoms with Crippen LogP contribution in [0.3, 0.4) is 0 Å². The number of carbonyl (C=O) groups is 1. The fraction of sp³-hybridized carbons (Fsp3) is 0.143. The lowest BCUT2D eigenvalue weighted by atomic mass is 10.1. The smallest absolute Gasteiger partial charge is 0.251 e. The van der Waals surface area contributed by atoms with Crippen molar-refractivity contribution in [3.8, 4) is 0 Å². The van der Waals surface area contributed by atoms with E-state index in [4.69, 9.17) is 5.84 Å². The van der Waals surface area contributed by atoms with Crippen molar-refractivity contribution in [2.24, 2.45) is 5.84 Å². The Morgan fingerprint density at radius 1 is 1.35 bits per heavy atom. The van der Waals surface area contributed by atoms with E-state index in [-0.39, 0.29) is 11.9 Å². The zero-order valence-corrected chi connectivity index (χ0v) is 12.5. The molecule has 4 N–H and O–H groups in total. The van der Waals surface area contributed by atoms with Gasteiger partial charge in [0.15, 0.2) is 0 Å². The van der Waals surface area contributed by atoms with Crippen LogP contribution < -0.4 is 16.6 Å². The first-order valence-electron chi connectivity index (χ1n) is 6.09. The van der Waals surface area contributed by atoms with Gasteiger partial charge in [0.25, 0.3) is 5.91 Å². The van der Waals surface area contributed by atoms with Crippen LogP contribution in [0.15, 0.2) is 47.1 Å². The van der Waals surface area contributed by atoms with Gasteiger partial charge in [0, 0.05) is 16.2 Å². The highest BCUT2D eigenvalue weighted by molar-refractivity contribution is 9.10. The number of rotatable bonds is 4. The molecule has 0 radical (unpaired) electrons. The normalized spacial score (nSPS) is 11.8. The molecule has 1 atom stereocenters. The molecule has 5 nitrogen and oxygen atoms in total.